The molecule has 0 radical (unpaired) electrons. The van der Waals surface area contributed by atoms with Crippen molar-refractivity contribution in [1.29, 1.82) is 0 Å². The third-order valence-electron chi connectivity index (χ3n) is 7.05. The van der Waals surface area contributed by atoms with Crippen LogP contribution in [0.2, 0.25) is 0 Å². The van der Waals surface area contributed by atoms with Crippen molar-refractivity contribution in [1.82, 2.24) is 26.1 Å². The molecule has 1 atom stereocenters. The van der Waals surface area contributed by atoms with Crippen LogP contribution >= 0.6 is 0 Å². The fourth-order valence-electron chi connectivity index (χ4n) is 5.01. The minimum absolute atomic E-state index is 0.0441. The number of anilines is 2. The molecule has 9 heteroatoms. The van der Waals surface area contributed by atoms with Gasteiger partial charge in [0.05, 0.1) is 5.69 Å². The maximum atomic E-state index is 13.0. The zero-order valence-electron chi connectivity index (χ0n) is 20.3. The van der Waals surface area contributed by atoms with Crippen molar-refractivity contribution in [2.75, 3.05) is 49.9 Å². The lowest BCUT2D eigenvalue weighted by Gasteiger charge is -2.36. The number of phenols is 1. The number of carbonyl (C=O) groups is 1. The molecular formula is C27H33N7O2. The highest BCUT2D eigenvalue weighted by molar-refractivity contribution is 5.88. The second-order valence-corrected chi connectivity index (χ2v) is 9.45. The molecule has 2 aliphatic heterocycles. The number of amides is 1. The number of hydrogen-bond donors (Lipinski definition) is 5. The van der Waals surface area contributed by atoms with Gasteiger partial charge in [0, 0.05) is 48.6 Å². The number of nitrogens with two attached hydrogens (primary N) is 1. The predicted octanol–water partition coefficient (Wildman–Crippen LogP) is 1.99. The van der Waals surface area contributed by atoms with Crippen LogP contribution in [0, 0.1) is 5.92 Å². The van der Waals surface area contributed by atoms with Crippen LogP contribution in [0.1, 0.15) is 12.8 Å². The Morgan fingerprint density at radius 3 is 2.58 bits per heavy atom. The lowest BCUT2D eigenvalue weighted by Crippen LogP contribution is -2.57. The second-order valence-electron chi connectivity index (χ2n) is 9.45. The molecule has 1 amide bonds. The van der Waals surface area contributed by atoms with E-state index in [1.54, 1.807) is 18.2 Å². The number of aromatic hydroxyl groups is 1. The van der Waals surface area contributed by atoms with E-state index < -0.39 is 0 Å². The van der Waals surface area contributed by atoms with E-state index in [1.807, 2.05) is 36.4 Å². The molecule has 6 N–H and O–H groups in total. The van der Waals surface area contributed by atoms with E-state index in [4.69, 9.17) is 5.73 Å². The second kappa shape index (κ2) is 10.9. The number of nitrogens with one attached hydrogen (secondary N) is 3. The molecule has 0 bridgehead atoms. The summed E-state index contributed by atoms with van der Waals surface area (Å²) in [5.41, 5.74) is 10.1. The summed E-state index contributed by atoms with van der Waals surface area (Å²) in [7, 11) is 0. The number of phenolic OH excluding ortho intramolecular Hbond substituents is 1. The monoisotopic (exact) mass is 487 g/mol. The number of piperazine rings is 1. The van der Waals surface area contributed by atoms with Crippen molar-refractivity contribution in [2.24, 2.45) is 5.92 Å². The maximum Gasteiger partial charge on any atom is 0.238 e. The number of para-hydroxylation sites is 2. The molecule has 2 aromatic carbocycles. The summed E-state index contributed by atoms with van der Waals surface area (Å²) in [5, 5.41) is 28.6. The molecule has 36 heavy (non-hydrogen) atoms. The fraction of sp³-hybridized carbons (Fsp3) is 0.370. The Bertz CT molecular complexity index is 1210. The van der Waals surface area contributed by atoms with Crippen molar-refractivity contribution in [3.63, 3.8) is 0 Å². The molecule has 0 saturated carbocycles. The zero-order valence-corrected chi connectivity index (χ0v) is 20.3. The van der Waals surface area contributed by atoms with Gasteiger partial charge < -0.3 is 31.7 Å². The first kappa shape index (κ1) is 24.0. The van der Waals surface area contributed by atoms with Gasteiger partial charge in [-0.25, -0.2) is 0 Å². The molecule has 188 valence electrons. The van der Waals surface area contributed by atoms with Crippen molar-refractivity contribution in [3.05, 3.63) is 54.6 Å². The molecule has 5 rings (SSSR count). The summed E-state index contributed by atoms with van der Waals surface area (Å²) < 4.78 is 0. The lowest BCUT2D eigenvalue weighted by molar-refractivity contribution is -0.123. The van der Waals surface area contributed by atoms with Crippen molar-refractivity contribution in [2.45, 2.75) is 18.9 Å². The van der Waals surface area contributed by atoms with E-state index >= 15 is 0 Å². The Hall–Kier alpha value is -3.69. The molecule has 0 spiro atoms. The van der Waals surface area contributed by atoms with Gasteiger partial charge in [-0.3, -0.25) is 4.79 Å². The standard InChI is InChI=1S/C27H33N7O2/c28-26-21(15-22(32-33-26)20-6-2-4-8-25(20)35)19-5-1-3-7-24(19)34-14-13-30-23(17-34)27(36)31-16-18-9-11-29-12-10-18/h1-8,15,18,23,29-30,35H,9-14,16-17H2,(H2,28,33)(H,31,36). The third-order valence-corrected chi connectivity index (χ3v) is 7.05. The minimum Gasteiger partial charge on any atom is -0.507 e. The number of rotatable bonds is 6. The van der Waals surface area contributed by atoms with Gasteiger partial charge in [0.2, 0.25) is 5.91 Å². The van der Waals surface area contributed by atoms with Gasteiger partial charge in [-0.05, 0) is 56.1 Å². The van der Waals surface area contributed by atoms with Gasteiger partial charge >= 0.3 is 0 Å². The van der Waals surface area contributed by atoms with Crippen LogP contribution in [0.5, 0.6) is 5.75 Å². The zero-order chi connectivity index (χ0) is 24.9. The molecule has 3 aromatic rings. The van der Waals surface area contributed by atoms with Crippen molar-refractivity contribution < 1.29 is 9.90 Å². The van der Waals surface area contributed by atoms with E-state index in [0.717, 1.165) is 55.8 Å². The molecule has 2 aliphatic rings. The number of aromatic nitrogens is 2. The Kier molecular flexibility index (Phi) is 7.29. The van der Waals surface area contributed by atoms with Crippen LogP contribution < -0.4 is 26.6 Å². The van der Waals surface area contributed by atoms with Crippen LogP contribution in [0.25, 0.3) is 22.4 Å². The largest absolute Gasteiger partial charge is 0.507 e. The first-order chi connectivity index (χ1) is 17.6. The topological polar surface area (TPSA) is 128 Å². The number of nitrogens with zero attached hydrogens (tertiary/aromatic N) is 3. The number of carbonyl (C=O) groups excluding carboxylic acids is 1. The van der Waals surface area contributed by atoms with Crippen molar-refractivity contribution in [3.8, 4) is 28.1 Å². The molecule has 9 nitrogen and oxygen atoms in total. The highest BCUT2D eigenvalue weighted by Crippen LogP contribution is 2.37. The summed E-state index contributed by atoms with van der Waals surface area (Å²) in [6.45, 7) is 4.78. The number of hydrogen-bond acceptors (Lipinski definition) is 8. The van der Waals surface area contributed by atoms with E-state index in [1.165, 1.54) is 0 Å². The van der Waals surface area contributed by atoms with E-state index in [0.29, 0.717) is 36.1 Å². The molecular weight excluding hydrogens is 454 g/mol. The Morgan fingerprint density at radius 2 is 1.78 bits per heavy atom. The van der Waals surface area contributed by atoms with Gasteiger partial charge in [-0.1, -0.05) is 30.3 Å². The molecule has 3 heterocycles. The van der Waals surface area contributed by atoms with Gasteiger partial charge in [0.15, 0.2) is 5.82 Å². The molecule has 2 fully saturated rings. The highest BCUT2D eigenvalue weighted by Gasteiger charge is 2.28. The van der Waals surface area contributed by atoms with Crippen molar-refractivity contribution >= 4 is 17.4 Å². The van der Waals surface area contributed by atoms with Crippen LogP contribution in [0.3, 0.4) is 0 Å². The predicted molar refractivity (Wildman–Crippen MR) is 142 cm³/mol. The smallest absolute Gasteiger partial charge is 0.238 e. The average Bonchev–Trinajstić information content (AvgIpc) is 2.93. The van der Waals surface area contributed by atoms with Gasteiger partial charge in [-0.15, -0.1) is 10.2 Å². The molecule has 0 aliphatic carbocycles. The maximum absolute atomic E-state index is 13.0. The lowest BCUT2D eigenvalue weighted by atomic mass is 9.98. The number of nitrogen functional groups attached to an aromatic ring is 1. The van der Waals surface area contributed by atoms with Crippen LogP contribution in [0.15, 0.2) is 54.6 Å². The Balaban J connectivity index is 1.36. The summed E-state index contributed by atoms with van der Waals surface area (Å²) in [5.74, 6) is 1.03. The van der Waals surface area contributed by atoms with Crippen LogP contribution in [-0.4, -0.2) is 66.5 Å². The highest BCUT2D eigenvalue weighted by atomic mass is 16.3. The van der Waals surface area contributed by atoms with Gasteiger partial charge in [0.25, 0.3) is 0 Å². The number of benzene rings is 2. The fourth-order valence-corrected chi connectivity index (χ4v) is 5.01. The van der Waals surface area contributed by atoms with Gasteiger partial charge in [0.1, 0.15) is 11.8 Å². The first-order valence-electron chi connectivity index (χ1n) is 12.6. The number of piperidine rings is 1. The summed E-state index contributed by atoms with van der Waals surface area (Å²) >= 11 is 0. The molecule has 1 aromatic heterocycles. The summed E-state index contributed by atoms with van der Waals surface area (Å²) in [4.78, 5) is 15.2. The Labute approximate surface area is 211 Å². The Morgan fingerprint density at radius 1 is 1.03 bits per heavy atom. The third kappa shape index (κ3) is 5.27. The average molecular weight is 488 g/mol. The normalized spacial score (nSPS) is 18.7. The van der Waals surface area contributed by atoms with Crippen LogP contribution in [0.4, 0.5) is 11.5 Å². The van der Waals surface area contributed by atoms with Crippen LogP contribution in [-0.2, 0) is 4.79 Å². The first-order valence-corrected chi connectivity index (χ1v) is 12.6. The SMILES string of the molecule is Nc1nnc(-c2ccccc2O)cc1-c1ccccc1N1CCNC(C(=O)NCC2CCNCC2)C1. The van der Waals surface area contributed by atoms with E-state index in [2.05, 4.69) is 31.0 Å². The molecule has 1 unspecified atom stereocenters. The molecule has 2 saturated heterocycles. The summed E-state index contributed by atoms with van der Waals surface area (Å²) in [6.07, 6.45) is 2.20. The van der Waals surface area contributed by atoms with Gasteiger partial charge in [-0.2, -0.15) is 0 Å². The van der Waals surface area contributed by atoms with E-state index in [-0.39, 0.29) is 17.7 Å². The van der Waals surface area contributed by atoms with E-state index in [9.17, 15) is 9.90 Å². The minimum atomic E-state index is -0.293. The quantitative estimate of drug-likeness (QED) is 0.357. The summed E-state index contributed by atoms with van der Waals surface area (Å²) in [6, 6.07) is 16.6.